The Balaban J connectivity index is 1.81. The van der Waals surface area contributed by atoms with E-state index in [2.05, 4.69) is 35.8 Å². The number of anilines is 1. The van der Waals surface area contributed by atoms with Crippen molar-refractivity contribution in [1.29, 1.82) is 0 Å². The molecular formula is C15H14Cl2N8O2. The van der Waals surface area contributed by atoms with Gasteiger partial charge in [-0.2, -0.15) is 9.78 Å². The quantitative estimate of drug-likeness (QED) is 0.471. The lowest BCUT2D eigenvalue weighted by atomic mass is 10.2. The van der Waals surface area contributed by atoms with Gasteiger partial charge in [0.05, 0.1) is 16.9 Å². The molecule has 1 aromatic carbocycles. The molecule has 0 spiro atoms. The van der Waals surface area contributed by atoms with E-state index in [-0.39, 0.29) is 17.3 Å². The number of hydrogen-bond acceptors (Lipinski definition) is 8. The highest BCUT2D eigenvalue weighted by atomic mass is 35.5. The van der Waals surface area contributed by atoms with E-state index >= 15 is 0 Å². The van der Waals surface area contributed by atoms with E-state index in [1.807, 2.05) is 6.92 Å². The molecule has 3 aromatic rings. The van der Waals surface area contributed by atoms with Gasteiger partial charge in [0.15, 0.2) is 5.69 Å². The molecule has 0 bridgehead atoms. The number of carbonyl (C=O) groups excluding carboxylic acids is 1. The molecule has 0 aliphatic carbocycles. The summed E-state index contributed by atoms with van der Waals surface area (Å²) >= 11 is 11.9. The van der Waals surface area contributed by atoms with Crippen molar-refractivity contribution >= 4 is 41.1 Å². The summed E-state index contributed by atoms with van der Waals surface area (Å²) in [5.74, 6) is -0.331. The molecule has 1 amide bonds. The van der Waals surface area contributed by atoms with Gasteiger partial charge < -0.3 is 5.73 Å². The van der Waals surface area contributed by atoms with Crippen LogP contribution in [0.25, 0.3) is 5.82 Å². The van der Waals surface area contributed by atoms with Crippen LogP contribution in [-0.2, 0) is 6.42 Å². The van der Waals surface area contributed by atoms with E-state index in [0.717, 1.165) is 6.42 Å². The molecule has 140 valence electrons. The number of amides is 1. The standard InChI is InChI=1S/C15H14Cl2N8O2/c1-2-3-11-12(20-24-25(11)14-13(18)22-27-23-14)15(26)21-19-7-8-4-5-9(16)6-10(8)17/h4-7H,2-3H2,1H3,(H2,18,22)(H,21,26). The predicted octanol–water partition coefficient (Wildman–Crippen LogP) is 2.26. The van der Waals surface area contributed by atoms with Crippen molar-refractivity contribution in [1.82, 2.24) is 30.7 Å². The van der Waals surface area contributed by atoms with Gasteiger partial charge in [0.25, 0.3) is 5.91 Å². The van der Waals surface area contributed by atoms with Crippen LogP contribution in [0.5, 0.6) is 0 Å². The van der Waals surface area contributed by atoms with Crippen LogP contribution in [0.15, 0.2) is 27.9 Å². The second-order valence-electron chi connectivity index (χ2n) is 5.38. The Labute approximate surface area is 163 Å². The molecule has 0 saturated carbocycles. The van der Waals surface area contributed by atoms with Crippen LogP contribution < -0.4 is 11.2 Å². The third kappa shape index (κ3) is 4.07. The minimum atomic E-state index is -0.541. The summed E-state index contributed by atoms with van der Waals surface area (Å²) in [6.07, 6.45) is 2.65. The van der Waals surface area contributed by atoms with Gasteiger partial charge in [0.1, 0.15) is 0 Å². The van der Waals surface area contributed by atoms with Gasteiger partial charge in [0.2, 0.25) is 11.6 Å². The van der Waals surface area contributed by atoms with Crippen molar-refractivity contribution in [2.45, 2.75) is 19.8 Å². The van der Waals surface area contributed by atoms with Gasteiger partial charge in [-0.05, 0) is 28.9 Å². The minimum Gasteiger partial charge on any atom is -0.378 e. The van der Waals surface area contributed by atoms with Crippen LogP contribution in [0.1, 0.15) is 35.1 Å². The van der Waals surface area contributed by atoms with E-state index in [4.69, 9.17) is 28.9 Å². The SMILES string of the molecule is CCCc1c(C(=O)NN=Cc2ccc(Cl)cc2Cl)nnn1-c1nonc1N. The molecule has 0 saturated heterocycles. The van der Waals surface area contributed by atoms with Crippen molar-refractivity contribution in [3.63, 3.8) is 0 Å². The molecule has 0 radical (unpaired) electrons. The van der Waals surface area contributed by atoms with Crippen molar-refractivity contribution in [2.75, 3.05) is 5.73 Å². The third-order valence-corrected chi connectivity index (χ3v) is 4.06. The maximum absolute atomic E-state index is 12.5. The van der Waals surface area contributed by atoms with Crippen molar-refractivity contribution < 1.29 is 9.42 Å². The second-order valence-corrected chi connectivity index (χ2v) is 6.23. The number of hydrazone groups is 1. The molecule has 2 heterocycles. The summed E-state index contributed by atoms with van der Waals surface area (Å²) in [5, 5.41) is 19.8. The molecule has 27 heavy (non-hydrogen) atoms. The maximum atomic E-state index is 12.5. The molecule has 3 rings (SSSR count). The highest BCUT2D eigenvalue weighted by molar-refractivity contribution is 6.36. The van der Waals surface area contributed by atoms with E-state index in [0.29, 0.717) is 27.7 Å². The highest BCUT2D eigenvalue weighted by Crippen LogP contribution is 2.19. The molecule has 0 fully saturated rings. The Hall–Kier alpha value is -2.98. The summed E-state index contributed by atoms with van der Waals surface area (Å²) in [6, 6.07) is 4.92. The number of nitrogen functional groups attached to an aromatic ring is 1. The maximum Gasteiger partial charge on any atom is 0.293 e. The van der Waals surface area contributed by atoms with Crippen molar-refractivity contribution in [2.24, 2.45) is 5.10 Å². The largest absolute Gasteiger partial charge is 0.378 e. The minimum absolute atomic E-state index is 0.0413. The lowest BCUT2D eigenvalue weighted by Gasteiger charge is -2.03. The summed E-state index contributed by atoms with van der Waals surface area (Å²) < 4.78 is 5.90. The number of rotatable bonds is 6. The number of nitrogens with one attached hydrogen (secondary N) is 1. The molecule has 10 nitrogen and oxygen atoms in total. The number of aromatic nitrogens is 5. The van der Waals surface area contributed by atoms with Crippen molar-refractivity contribution in [3.05, 3.63) is 45.2 Å². The average Bonchev–Trinajstić information content (AvgIpc) is 3.23. The van der Waals surface area contributed by atoms with E-state index in [1.165, 1.54) is 10.9 Å². The fourth-order valence-corrected chi connectivity index (χ4v) is 2.72. The molecule has 0 aliphatic rings. The van der Waals surface area contributed by atoms with Gasteiger partial charge in [-0.3, -0.25) is 4.79 Å². The summed E-state index contributed by atoms with van der Waals surface area (Å²) in [4.78, 5) is 12.5. The van der Waals surface area contributed by atoms with E-state index < -0.39 is 5.91 Å². The fourth-order valence-electron chi connectivity index (χ4n) is 2.27. The van der Waals surface area contributed by atoms with Crippen LogP contribution in [-0.4, -0.2) is 37.4 Å². The number of nitrogens with two attached hydrogens (primary N) is 1. The Morgan fingerprint density at radius 2 is 2.22 bits per heavy atom. The molecular weight excluding hydrogens is 395 g/mol. The molecule has 3 N–H and O–H groups in total. The zero-order chi connectivity index (χ0) is 19.4. The Morgan fingerprint density at radius 1 is 1.41 bits per heavy atom. The highest BCUT2D eigenvalue weighted by Gasteiger charge is 2.23. The monoisotopic (exact) mass is 408 g/mol. The first-order chi connectivity index (χ1) is 13.0. The molecule has 0 atom stereocenters. The number of hydrogen-bond donors (Lipinski definition) is 2. The lowest BCUT2D eigenvalue weighted by Crippen LogP contribution is -2.20. The number of benzene rings is 1. The van der Waals surface area contributed by atoms with Gasteiger partial charge >= 0.3 is 0 Å². The molecule has 12 heteroatoms. The third-order valence-electron chi connectivity index (χ3n) is 3.49. The first-order valence-electron chi connectivity index (χ1n) is 7.82. The van der Waals surface area contributed by atoms with Crippen LogP contribution in [0.3, 0.4) is 0 Å². The van der Waals surface area contributed by atoms with Crippen LogP contribution in [0, 0.1) is 0 Å². The normalized spacial score (nSPS) is 11.2. The fraction of sp³-hybridized carbons (Fsp3) is 0.200. The van der Waals surface area contributed by atoms with Crippen LogP contribution in [0.4, 0.5) is 5.82 Å². The number of nitrogens with zero attached hydrogens (tertiary/aromatic N) is 6. The Kier molecular flexibility index (Phi) is 5.67. The van der Waals surface area contributed by atoms with Gasteiger partial charge in [-0.1, -0.05) is 47.8 Å². The molecule has 0 aliphatic heterocycles. The van der Waals surface area contributed by atoms with E-state index in [9.17, 15) is 4.79 Å². The van der Waals surface area contributed by atoms with Crippen LogP contribution in [0.2, 0.25) is 10.0 Å². The number of halogens is 2. The molecule has 0 unspecified atom stereocenters. The zero-order valence-electron chi connectivity index (χ0n) is 14.1. The van der Waals surface area contributed by atoms with Crippen LogP contribution >= 0.6 is 23.2 Å². The van der Waals surface area contributed by atoms with Crippen molar-refractivity contribution in [3.8, 4) is 5.82 Å². The topological polar surface area (TPSA) is 137 Å². The van der Waals surface area contributed by atoms with E-state index in [1.54, 1.807) is 18.2 Å². The first kappa shape index (κ1) is 18.8. The average molecular weight is 409 g/mol. The zero-order valence-corrected chi connectivity index (χ0v) is 15.6. The predicted molar refractivity (Wildman–Crippen MR) is 99.1 cm³/mol. The van der Waals surface area contributed by atoms with Gasteiger partial charge in [0, 0.05) is 10.6 Å². The summed E-state index contributed by atoms with van der Waals surface area (Å²) in [7, 11) is 0. The van der Waals surface area contributed by atoms with Gasteiger partial charge in [-0.15, -0.1) is 5.10 Å². The van der Waals surface area contributed by atoms with Gasteiger partial charge in [-0.25, -0.2) is 10.1 Å². The Morgan fingerprint density at radius 3 is 2.89 bits per heavy atom. The smallest absolute Gasteiger partial charge is 0.293 e. The summed E-state index contributed by atoms with van der Waals surface area (Å²) in [6.45, 7) is 1.95. The lowest BCUT2D eigenvalue weighted by molar-refractivity contribution is 0.0949. The number of carbonyl (C=O) groups is 1. The summed E-state index contributed by atoms with van der Waals surface area (Å²) in [5.41, 5.74) is 9.29. The first-order valence-corrected chi connectivity index (χ1v) is 8.58. The molecule has 2 aromatic heterocycles. The second kappa shape index (κ2) is 8.14. The Bertz CT molecular complexity index is 998.